The van der Waals surface area contributed by atoms with Crippen molar-refractivity contribution in [1.82, 2.24) is 19.4 Å². The number of nitrogens with two attached hydrogens (primary N) is 1. The Morgan fingerprint density at radius 3 is 2.40 bits per heavy atom. The van der Waals surface area contributed by atoms with Crippen LogP contribution in [0, 0.1) is 0 Å². The highest BCUT2D eigenvalue weighted by Crippen LogP contribution is 2.23. The second kappa shape index (κ2) is 10.4. The quantitative estimate of drug-likeness (QED) is 0.705. The first-order chi connectivity index (χ1) is 14.4. The minimum absolute atomic E-state index is 0.450. The van der Waals surface area contributed by atoms with Gasteiger partial charge in [0.25, 0.3) is 0 Å². The van der Waals surface area contributed by atoms with Gasteiger partial charge in [0.15, 0.2) is 0 Å². The first kappa shape index (κ1) is 22.9. The molecule has 0 unspecified atom stereocenters. The number of benzene rings is 1. The second-order valence-electron chi connectivity index (χ2n) is 6.93. The summed E-state index contributed by atoms with van der Waals surface area (Å²) in [7, 11) is 4.03. The molecule has 0 saturated heterocycles. The molecule has 2 aromatic heterocycles. The van der Waals surface area contributed by atoms with Gasteiger partial charge in [-0.15, -0.1) is 0 Å². The fraction of sp³-hybridized carbons (Fsp3) is 0.280. The van der Waals surface area contributed by atoms with Gasteiger partial charge < -0.3 is 10.6 Å². The van der Waals surface area contributed by atoms with E-state index in [1.165, 1.54) is 5.56 Å². The van der Waals surface area contributed by atoms with Crippen molar-refractivity contribution in [2.75, 3.05) is 19.8 Å². The van der Waals surface area contributed by atoms with Crippen LogP contribution in [0.1, 0.15) is 33.3 Å². The monoisotopic (exact) mass is 403 g/mol. The van der Waals surface area contributed by atoms with Crippen LogP contribution in [0.25, 0.3) is 29.7 Å². The normalized spacial score (nSPS) is 11.8. The number of nitrogens with zero attached hydrogens (tertiary/aromatic N) is 4. The molecule has 0 bridgehead atoms. The van der Waals surface area contributed by atoms with Crippen LogP contribution < -0.4 is 16.4 Å². The van der Waals surface area contributed by atoms with E-state index in [1.54, 1.807) is 6.20 Å². The lowest BCUT2D eigenvalue weighted by Crippen LogP contribution is -2.27. The number of aryl methyl sites for hydroxylation is 1. The molecule has 3 rings (SSSR count). The predicted molar refractivity (Wildman–Crippen MR) is 129 cm³/mol. The van der Waals surface area contributed by atoms with E-state index in [2.05, 4.69) is 54.6 Å². The number of hydrogen-bond acceptors (Lipinski definition) is 4. The maximum Gasteiger partial charge on any atom is 0.149 e. The predicted octanol–water partition coefficient (Wildman–Crippen LogP) is 3.76. The third-order valence-corrected chi connectivity index (χ3v) is 4.87. The summed E-state index contributed by atoms with van der Waals surface area (Å²) in [5.74, 6) is 1.19. The summed E-state index contributed by atoms with van der Waals surface area (Å²) in [4.78, 5) is 11.1. The van der Waals surface area contributed by atoms with Crippen LogP contribution in [-0.4, -0.2) is 33.5 Å². The molecule has 0 radical (unpaired) electrons. The van der Waals surface area contributed by atoms with Gasteiger partial charge in [0.05, 0.1) is 16.3 Å². The minimum atomic E-state index is 0.450. The van der Waals surface area contributed by atoms with Gasteiger partial charge in [-0.2, -0.15) is 0 Å². The SMILES string of the molecule is C=c1/c(=C\C=C(/C)N(C)C)nc(-c2cccnc2N)n1-c1ccc(CC)cc1.CC. The third-order valence-electron chi connectivity index (χ3n) is 4.87. The van der Waals surface area contributed by atoms with Crippen molar-refractivity contribution in [3.8, 4) is 17.1 Å². The van der Waals surface area contributed by atoms with E-state index in [-0.39, 0.29) is 0 Å². The lowest BCUT2D eigenvalue weighted by Gasteiger charge is -2.10. The Hall–Kier alpha value is -3.34. The molecule has 0 atom stereocenters. The van der Waals surface area contributed by atoms with E-state index in [9.17, 15) is 0 Å². The number of anilines is 1. The van der Waals surface area contributed by atoms with Crippen LogP contribution in [0.15, 0.2) is 54.4 Å². The Kier molecular flexibility index (Phi) is 7.98. The molecule has 5 heteroatoms. The van der Waals surface area contributed by atoms with Crippen molar-refractivity contribution in [1.29, 1.82) is 0 Å². The number of allylic oxidation sites excluding steroid dienone is 2. The maximum absolute atomic E-state index is 6.15. The first-order valence-corrected chi connectivity index (χ1v) is 10.4. The molecule has 0 aliphatic carbocycles. The number of imidazole rings is 1. The summed E-state index contributed by atoms with van der Waals surface area (Å²) in [6.07, 6.45) is 6.71. The zero-order valence-electron chi connectivity index (χ0n) is 19.0. The molecular weight excluding hydrogens is 370 g/mol. The average Bonchev–Trinajstić information content (AvgIpc) is 3.09. The molecule has 0 aliphatic heterocycles. The van der Waals surface area contributed by atoms with E-state index in [0.717, 1.165) is 39.9 Å². The van der Waals surface area contributed by atoms with E-state index in [4.69, 9.17) is 10.7 Å². The zero-order chi connectivity index (χ0) is 22.3. The first-order valence-electron chi connectivity index (χ1n) is 10.4. The summed E-state index contributed by atoms with van der Waals surface area (Å²) in [5, 5.41) is 1.62. The van der Waals surface area contributed by atoms with E-state index in [1.807, 2.05) is 56.8 Å². The standard InChI is InChI=1S/C23H27N5.C2H6/c1-6-18-10-12-19(13-11-18)28-17(3)21(14-9-16(2)27(4)5)26-23(28)20-8-7-15-25-22(20)24;1-2/h7-15H,3,6H2,1-2,4-5H3,(H2,24,25);1-2H3/b16-9+,21-14+;. The highest BCUT2D eigenvalue weighted by Gasteiger charge is 2.14. The van der Waals surface area contributed by atoms with Crippen molar-refractivity contribution in [2.45, 2.75) is 34.1 Å². The molecule has 0 amide bonds. The van der Waals surface area contributed by atoms with Crippen LogP contribution in [0.2, 0.25) is 0 Å². The molecule has 5 nitrogen and oxygen atoms in total. The van der Waals surface area contributed by atoms with Crippen LogP contribution in [-0.2, 0) is 6.42 Å². The molecule has 2 N–H and O–H groups in total. The molecule has 0 fully saturated rings. The smallest absolute Gasteiger partial charge is 0.149 e. The van der Waals surface area contributed by atoms with Gasteiger partial charge >= 0.3 is 0 Å². The van der Waals surface area contributed by atoms with E-state index in [0.29, 0.717) is 5.82 Å². The lowest BCUT2D eigenvalue weighted by molar-refractivity contribution is 0.514. The molecule has 0 aliphatic rings. The molecule has 0 saturated carbocycles. The molecular formula is C25H33N5. The van der Waals surface area contributed by atoms with Crippen LogP contribution in [0.3, 0.4) is 0 Å². The van der Waals surface area contributed by atoms with Gasteiger partial charge in [-0.05, 0) is 55.3 Å². The number of hydrogen-bond donors (Lipinski definition) is 1. The highest BCUT2D eigenvalue weighted by molar-refractivity contribution is 5.70. The van der Waals surface area contributed by atoms with E-state index >= 15 is 0 Å². The summed E-state index contributed by atoms with van der Waals surface area (Å²) >= 11 is 0. The molecule has 2 heterocycles. The summed E-state index contributed by atoms with van der Waals surface area (Å²) in [5.41, 5.74) is 10.4. The summed E-state index contributed by atoms with van der Waals surface area (Å²) in [6, 6.07) is 12.3. The van der Waals surface area contributed by atoms with Gasteiger partial charge in [0, 0.05) is 31.7 Å². The third kappa shape index (κ3) is 4.98. The summed E-state index contributed by atoms with van der Waals surface area (Å²) in [6.45, 7) is 12.5. The Morgan fingerprint density at radius 2 is 1.83 bits per heavy atom. The van der Waals surface area contributed by atoms with Gasteiger partial charge in [-0.3, -0.25) is 4.57 Å². The van der Waals surface area contributed by atoms with Gasteiger partial charge in [-0.1, -0.05) is 39.5 Å². The summed E-state index contributed by atoms with van der Waals surface area (Å²) < 4.78 is 2.04. The Morgan fingerprint density at radius 1 is 1.17 bits per heavy atom. The van der Waals surface area contributed by atoms with Crippen molar-refractivity contribution in [3.05, 3.63) is 70.6 Å². The lowest BCUT2D eigenvalue weighted by atomic mass is 10.1. The van der Waals surface area contributed by atoms with Crippen molar-refractivity contribution in [2.24, 2.45) is 0 Å². The topological polar surface area (TPSA) is 60.0 Å². The zero-order valence-corrected chi connectivity index (χ0v) is 19.0. The van der Waals surface area contributed by atoms with Gasteiger partial charge in [0.1, 0.15) is 11.6 Å². The Labute approximate surface area is 179 Å². The number of nitrogen functional groups attached to an aromatic ring is 1. The Balaban J connectivity index is 0.00000155. The van der Waals surface area contributed by atoms with Crippen molar-refractivity contribution in [3.63, 3.8) is 0 Å². The van der Waals surface area contributed by atoms with Crippen LogP contribution in [0.4, 0.5) is 5.82 Å². The van der Waals surface area contributed by atoms with Crippen LogP contribution in [0.5, 0.6) is 0 Å². The van der Waals surface area contributed by atoms with Gasteiger partial charge in [0.2, 0.25) is 0 Å². The van der Waals surface area contributed by atoms with Crippen molar-refractivity contribution >= 4 is 18.5 Å². The van der Waals surface area contributed by atoms with Crippen LogP contribution >= 0.6 is 0 Å². The largest absolute Gasteiger partial charge is 0.383 e. The fourth-order valence-corrected chi connectivity index (χ4v) is 2.90. The van der Waals surface area contributed by atoms with Crippen molar-refractivity contribution < 1.29 is 0 Å². The van der Waals surface area contributed by atoms with E-state index < -0.39 is 0 Å². The minimum Gasteiger partial charge on any atom is -0.383 e. The highest BCUT2D eigenvalue weighted by atomic mass is 15.1. The Bertz CT molecular complexity index is 1110. The molecule has 3 aromatic rings. The second-order valence-corrected chi connectivity index (χ2v) is 6.93. The average molecular weight is 404 g/mol. The molecule has 1 aromatic carbocycles. The maximum atomic E-state index is 6.15. The molecule has 30 heavy (non-hydrogen) atoms. The number of pyridine rings is 1. The fourth-order valence-electron chi connectivity index (χ4n) is 2.90. The molecule has 158 valence electrons. The van der Waals surface area contributed by atoms with Gasteiger partial charge in [-0.25, -0.2) is 9.97 Å². The molecule has 0 spiro atoms. The number of rotatable bonds is 5. The number of aromatic nitrogens is 3.